The monoisotopic (exact) mass is 310 g/mol. The Hall–Kier alpha value is -2.09. The van der Waals surface area contributed by atoms with E-state index >= 15 is 0 Å². The fourth-order valence-corrected chi connectivity index (χ4v) is 2.64. The Labute approximate surface area is 129 Å². The van der Waals surface area contributed by atoms with Gasteiger partial charge in [0.05, 0.1) is 24.8 Å². The van der Waals surface area contributed by atoms with E-state index in [1.165, 1.54) is 0 Å². The third kappa shape index (κ3) is 3.76. The highest BCUT2D eigenvalue weighted by atomic mass is 16.5. The quantitative estimate of drug-likeness (QED) is 0.585. The van der Waals surface area contributed by atoms with Crippen LogP contribution in [0, 0.1) is 0 Å². The predicted octanol–water partition coefficient (Wildman–Crippen LogP) is -0.673. The highest BCUT2D eigenvalue weighted by Gasteiger charge is 2.32. The van der Waals surface area contributed by atoms with Gasteiger partial charge in [-0.2, -0.15) is 0 Å². The van der Waals surface area contributed by atoms with Crippen LogP contribution in [0.15, 0.2) is 11.3 Å². The van der Waals surface area contributed by atoms with Gasteiger partial charge in [-0.1, -0.05) is 6.92 Å². The van der Waals surface area contributed by atoms with E-state index in [9.17, 15) is 14.4 Å². The van der Waals surface area contributed by atoms with Crippen molar-refractivity contribution < 1.29 is 19.1 Å². The fraction of sp³-hybridized carbons (Fsp3) is 0.643. The summed E-state index contributed by atoms with van der Waals surface area (Å²) in [6.45, 7) is 5.72. The standard InChI is InChI=1S/C14H22N4O4/c1-3-9-12(13(20)22-4-2)10(17-14(21)16-9)7-18-6-5-15-11(19)8-18/h9H,3-8H2,1-2H3,(H,15,19)(H2,16,17,21)/t9-/m0/s1. The Bertz CT molecular complexity index is 503. The summed E-state index contributed by atoms with van der Waals surface area (Å²) in [5.74, 6) is -0.491. The summed E-state index contributed by atoms with van der Waals surface area (Å²) in [7, 11) is 0. The van der Waals surface area contributed by atoms with Gasteiger partial charge in [-0.15, -0.1) is 0 Å². The van der Waals surface area contributed by atoms with E-state index < -0.39 is 5.97 Å². The maximum Gasteiger partial charge on any atom is 0.337 e. The lowest BCUT2D eigenvalue weighted by Crippen LogP contribution is -2.54. The van der Waals surface area contributed by atoms with Crippen LogP contribution in [0.1, 0.15) is 20.3 Å². The minimum absolute atomic E-state index is 0.0585. The SMILES string of the molecule is CCOC(=O)C1=C(CN2CCNC(=O)C2)NC(=O)N[C@H]1CC. The molecule has 0 bridgehead atoms. The molecule has 0 aromatic rings. The summed E-state index contributed by atoms with van der Waals surface area (Å²) in [4.78, 5) is 37.3. The molecule has 1 fully saturated rings. The van der Waals surface area contributed by atoms with Crippen LogP contribution in [-0.2, 0) is 14.3 Å². The molecule has 0 spiro atoms. The van der Waals surface area contributed by atoms with Crippen LogP contribution in [0.2, 0.25) is 0 Å². The molecular weight excluding hydrogens is 288 g/mol. The van der Waals surface area contributed by atoms with Gasteiger partial charge in [0.1, 0.15) is 0 Å². The number of nitrogens with one attached hydrogen (secondary N) is 3. The van der Waals surface area contributed by atoms with E-state index in [0.717, 1.165) is 0 Å². The van der Waals surface area contributed by atoms with E-state index in [-0.39, 0.29) is 31.1 Å². The minimum atomic E-state index is -0.432. The summed E-state index contributed by atoms with van der Waals surface area (Å²) in [6, 6.07) is -0.710. The second-order valence-corrected chi connectivity index (χ2v) is 5.23. The number of hydrogen-bond acceptors (Lipinski definition) is 5. The molecular formula is C14H22N4O4. The molecule has 0 aliphatic carbocycles. The number of amides is 3. The first-order valence-electron chi connectivity index (χ1n) is 7.51. The normalized spacial score (nSPS) is 22.7. The summed E-state index contributed by atoms with van der Waals surface area (Å²) >= 11 is 0. The van der Waals surface area contributed by atoms with E-state index in [2.05, 4.69) is 16.0 Å². The Morgan fingerprint density at radius 1 is 1.36 bits per heavy atom. The third-order valence-corrected chi connectivity index (χ3v) is 3.65. The first kappa shape index (κ1) is 16.3. The number of esters is 1. The van der Waals surface area contributed by atoms with Gasteiger partial charge >= 0.3 is 12.0 Å². The zero-order valence-corrected chi connectivity index (χ0v) is 12.9. The predicted molar refractivity (Wildman–Crippen MR) is 78.9 cm³/mol. The van der Waals surface area contributed by atoms with Gasteiger partial charge < -0.3 is 20.7 Å². The van der Waals surface area contributed by atoms with Crippen LogP contribution in [-0.4, -0.2) is 61.6 Å². The van der Waals surface area contributed by atoms with Gasteiger partial charge in [-0.25, -0.2) is 9.59 Å². The van der Waals surface area contributed by atoms with Crippen LogP contribution in [0.3, 0.4) is 0 Å². The lowest BCUT2D eigenvalue weighted by molar-refractivity contribution is -0.139. The molecule has 2 aliphatic rings. The molecule has 0 aromatic heterocycles. The molecule has 3 amide bonds. The topological polar surface area (TPSA) is 99.8 Å². The first-order chi connectivity index (χ1) is 10.5. The maximum absolute atomic E-state index is 12.2. The molecule has 8 nitrogen and oxygen atoms in total. The average molecular weight is 310 g/mol. The smallest absolute Gasteiger partial charge is 0.337 e. The average Bonchev–Trinajstić information content (AvgIpc) is 2.46. The van der Waals surface area contributed by atoms with Gasteiger partial charge in [0.25, 0.3) is 0 Å². The lowest BCUT2D eigenvalue weighted by Gasteiger charge is -2.32. The van der Waals surface area contributed by atoms with Gasteiger partial charge in [0, 0.05) is 25.3 Å². The molecule has 0 saturated carbocycles. The first-order valence-corrected chi connectivity index (χ1v) is 7.51. The summed E-state index contributed by atoms with van der Waals surface area (Å²) in [5, 5.41) is 8.16. The third-order valence-electron chi connectivity index (χ3n) is 3.65. The van der Waals surface area contributed by atoms with Gasteiger partial charge in [-0.05, 0) is 13.3 Å². The van der Waals surface area contributed by atoms with Crippen LogP contribution < -0.4 is 16.0 Å². The Morgan fingerprint density at radius 2 is 2.14 bits per heavy atom. The molecule has 0 radical (unpaired) electrons. The number of carbonyl (C=O) groups excluding carboxylic acids is 3. The van der Waals surface area contributed by atoms with Crippen LogP contribution in [0.4, 0.5) is 4.79 Å². The highest BCUT2D eigenvalue weighted by molar-refractivity contribution is 5.94. The molecule has 2 aliphatic heterocycles. The molecule has 0 unspecified atom stereocenters. The number of piperazine rings is 1. The zero-order valence-electron chi connectivity index (χ0n) is 12.9. The second kappa shape index (κ2) is 7.26. The van der Waals surface area contributed by atoms with Gasteiger partial charge in [0.2, 0.25) is 5.91 Å². The van der Waals surface area contributed by atoms with Crippen molar-refractivity contribution in [2.45, 2.75) is 26.3 Å². The Kier molecular flexibility index (Phi) is 5.37. The van der Waals surface area contributed by atoms with Crippen molar-refractivity contribution in [3.8, 4) is 0 Å². The van der Waals surface area contributed by atoms with Crippen molar-refractivity contribution in [3.63, 3.8) is 0 Å². The van der Waals surface area contributed by atoms with E-state index in [1.54, 1.807) is 6.92 Å². The Morgan fingerprint density at radius 3 is 2.77 bits per heavy atom. The Balaban J connectivity index is 2.24. The summed E-state index contributed by atoms with van der Waals surface area (Å²) < 4.78 is 5.10. The van der Waals surface area contributed by atoms with Crippen LogP contribution in [0.5, 0.6) is 0 Å². The van der Waals surface area contributed by atoms with Crippen LogP contribution in [0.25, 0.3) is 0 Å². The molecule has 1 atom stereocenters. The number of hydrogen-bond donors (Lipinski definition) is 3. The van der Waals surface area contributed by atoms with Crippen molar-refractivity contribution in [1.29, 1.82) is 0 Å². The second-order valence-electron chi connectivity index (χ2n) is 5.23. The number of rotatable bonds is 5. The van der Waals surface area contributed by atoms with Crippen molar-refractivity contribution >= 4 is 17.9 Å². The van der Waals surface area contributed by atoms with Crippen molar-refractivity contribution in [2.24, 2.45) is 0 Å². The minimum Gasteiger partial charge on any atom is -0.463 e. The van der Waals surface area contributed by atoms with E-state index in [4.69, 9.17) is 4.74 Å². The largest absolute Gasteiger partial charge is 0.463 e. The van der Waals surface area contributed by atoms with Crippen molar-refractivity contribution in [2.75, 3.05) is 32.8 Å². The molecule has 0 aromatic carbocycles. The number of urea groups is 1. The zero-order chi connectivity index (χ0) is 16.1. The molecule has 2 rings (SSSR count). The van der Waals surface area contributed by atoms with E-state index in [0.29, 0.717) is 37.3 Å². The molecule has 3 N–H and O–H groups in total. The van der Waals surface area contributed by atoms with Crippen molar-refractivity contribution in [3.05, 3.63) is 11.3 Å². The molecule has 8 heteroatoms. The van der Waals surface area contributed by atoms with Gasteiger partial charge in [-0.3, -0.25) is 9.69 Å². The van der Waals surface area contributed by atoms with Gasteiger partial charge in [0.15, 0.2) is 0 Å². The number of ether oxygens (including phenoxy) is 1. The fourth-order valence-electron chi connectivity index (χ4n) is 2.64. The number of carbonyl (C=O) groups is 3. The number of nitrogens with zero attached hydrogens (tertiary/aromatic N) is 1. The lowest BCUT2D eigenvalue weighted by atomic mass is 10.00. The molecule has 22 heavy (non-hydrogen) atoms. The molecule has 122 valence electrons. The maximum atomic E-state index is 12.2. The summed E-state index contributed by atoms with van der Waals surface area (Å²) in [5.41, 5.74) is 0.957. The summed E-state index contributed by atoms with van der Waals surface area (Å²) in [6.07, 6.45) is 0.589. The van der Waals surface area contributed by atoms with E-state index in [1.807, 2.05) is 11.8 Å². The molecule has 2 heterocycles. The highest BCUT2D eigenvalue weighted by Crippen LogP contribution is 2.18. The van der Waals surface area contributed by atoms with Crippen molar-refractivity contribution in [1.82, 2.24) is 20.9 Å². The molecule has 1 saturated heterocycles. The van der Waals surface area contributed by atoms with Crippen LogP contribution >= 0.6 is 0 Å².